The quantitative estimate of drug-likeness (QED) is 0.714. The Kier molecular flexibility index (Phi) is 5.39. The normalized spacial score (nSPS) is 22.0. The first-order chi connectivity index (χ1) is 14.0. The van der Waals surface area contributed by atoms with E-state index in [1.54, 1.807) is 6.20 Å². The van der Waals surface area contributed by atoms with E-state index in [4.69, 9.17) is 4.98 Å². The molecular formula is C24H30N4O. The van der Waals surface area contributed by atoms with Crippen molar-refractivity contribution in [3.05, 3.63) is 64.6 Å². The van der Waals surface area contributed by atoms with Crippen LogP contribution in [0.1, 0.15) is 66.0 Å². The van der Waals surface area contributed by atoms with Crippen molar-refractivity contribution in [3.8, 4) is 0 Å². The number of nitrogens with zero attached hydrogens (tertiary/aromatic N) is 3. The molecule has 1 aliphatic carbocycles. The van der Waals surface area contributed by atoms with Gasteiger partial charge in [-0.15, -0.1) is 0 Å². The second-order valence-electron chi connectivity index (χ2n) is 8.56. The first kappa shape index (κ1) is 19.6. The lowest BCUT2D eigenvalue weighted by Crippen LogP contribution is -2.43. The number of carbonyl (C=O) groups excluding carboxylic acids is 1. The summed E-state index contributed by atoms with van der Waals surface area (Å²) in [7, 11) is 0. The van der Waals surface area contributed by atoms with Gasteiger partial charge < -0.3 is 5.32 Å². The minimum Gasteiger partial charge on any atom is -0.349 e. The highest BCUT2D eigenvalue weighted by Gasteiger charge is 2.29. The Morgan fingerprint density at radius 3 is 2.69 bits per heavy atom. The van der Waals surface area contributed by atoms with Crippen molar-refractivity contribution >= 4 is 11.6 Å². The molecule has 1 saturated carbocycles. The molecule has 0 saturated heterocycles. The van der Waals surface area contributed by atoms with Gasteiger partial charge in [-0.1, -0.05) is 57.0 Å². The summed E-state index contributed by atoms with van der Waals surface area (Å²) in [5, 5.41) is 7.76. The molecule has 2 aromatic heterocycles. The molecule has 1 aromatic carbocycles. The third-order valence-electron chi connectivity index (χ3n) is 6.70. The Morgan fingerprint density at radius 1 is 1.17 bits per heavy atom. The van der Waals surface area contributed by atoms with Gasteiger partial charge in [-0.25, -0.2) is 9.50 Å². The highest BCUT2D eigenvalue weighted by atomic mass is 16.1. The lowest BCUT2D eigenvalue weighted by molar-refractivity contribution is 0.0892. The van der Waals surface area contributed by atoms with Crippen LogP contribution < -0.4 is 5.32 Å². The van der Waals surface area contributed by atoms with Gasteiger partial charge in [0.2, 0.25) is 0 Å². The molecule has 1 N–H and O–H groups in total. The van der Waals surface area contributed by atoms with Crippen molar-refractivity contribution in [1.82, 2.24) is 19.9 Å². The van der Waals surface area contributed by atoms with E-state index in [0.29, 0.717) is 23.0 Å². The molecule has 3 atom stereocenters. The maximum Gasteiger partial charge on any atom is 0.256 e. The highest BCUT2D eigenvalue weighted by Crippen LogP contribution is 2.30. The van der Waals surface area contributed by atoms with Gasteiger partial charge in [0.05, 0.1) is 6.20 Å². The van der Waals surface area contributed by atoms with E-state index < -0.39 is 0 Å². The monoisotopic (exact) mass is 390 g/mol. The molecule has 2 heterocycles. The van der Waals surface area contributed by atoms with Gasteiger partial charge in [-0.2, -0.15) is 5.10 Å². The Morgan fingerprint density at radius 2 is 1.93 bits per heavy atom. The minimum atomic E-state index is -0.0620. The molecular weight excluding hydrogens is 360 g/mol. The fourth-order valence-electron chi connectivity index (χ4n) is 4.56. The van der Waals surface area contributed by atoms with E-state index in [2.05, 4.69) is 55.5 Å². The zero-order valence-electron chi connectivity index (χ0n) is 17.8. The average Bonchev–Trinajstić information content (AvgIpc) is 3.13. The lowest BCUT2D eigenvalue weighted by atomic mass is 9.78. The first-order valence-electron chi connectivity index (χ1n) is 10.6. The number of fused-ring (bicyclic) bond motifs is 1. The molecule has 152 valence electrons. The van der Waals surface area contributed by atoms with E-state index in [1.807, 2.05) is 17.5 Å². The Bertz CT molecular complexity index is 1020. The maximum atomic E-state index is 13.0. The lowest BCUT2D eigenvalue weighted by Gasteiger charge is -2.34. The average molecular weight is 391 g/mol. The van der Waals surface area contributed by atoms with Crippen LogP contribution in [0.5, 0.6) is 0 Å². The zero-order valence-corrected chi connectivity index (χ0v) is 17.8. The van der Waals surface area contributed by atoms with Crippen molar-refractivity contribution in [2.24, 2.45) is 11.8 Å². The Labute approximate surface area is 172 Å². The van der Waals surface area contributed by atoms with Crippen LogP contribution in [0, 0.1) is 25.7 Å². The predicted molar refractivity (Wildman–Crippen MR) is 115 cm³/mol. The largest absolute Gasteiger partial charge is 0.349 e. The summed E-state index contributed by atoms with van der Waals surface area (Å²) in [5.41, 5.74) is 5.60. The number of nitrogens with one attached hydrogen (secondary N) is 1. The van der Waals surface area contributed by atoms with Crippen LogP contribution in [0.4, 0.5) is 0 Å². The predicted octanol–water partition coefficient (Wildman–Crippen LogP) is 4.49. The summed E-state index contributed by atoms with van der Waals surface area (Å²) in [6.45, 7) is 8.60. The standard InChI is InChI=1S/C24H30N4O/c1-15-9-8-12-22(16(15)2)27-24(29)21-14-25-28-18(4)20(17(3)26-23(21)28)13-19-10-6-5-7-11-19/h5-7,10-11,14-16,22H,8-9,12-13H2,1-4H3,(H,27,29)/t15-,16+,22+/m0/s1. The summed E-state index contributed by atoms with van der Waals surface area (Å²) < 4.78 is 1.81. The van der Waals surface area contributed by atoms with E-state index in [9.17, 15) is 4.79 Å². The number of hydrogen-bond acceptors (Lipinski definition) is 3. The fourth-order valence-corrected chi connectivity index (χ4v) is 4.56. The Hall–Kier alpha value is -2.69. The van der Waals surface area contributed by atoms with Crippen molar-refractivity contribution < 1.29 is 4.79 Å². The summed E-state index contributed by atoms with van der Waals surface area (Å²) in [5.74, 6) is 1.07. The molecule has 0 aliphatic heterocycles. The van der Waals surface area contributed by atoms with Gasteiger partial charge in [0, 0.05) is 23.9 Å². The highest BCUT2D eigenvalue weighted by molar-refractivity contribution is 5.99. The summed E-state index contributed by atoms with van der Waals surface area (Å²) in [6.07, 6.45) is 5.93. The van der Waals surface area contributed by atoms with Crippen LogP contribution >= 0.6 is 0 Å². The topological polar surface area (TPSA) is 59.3 Å². The van der Waals surface area contributed by atoms with Crippen LogP contribution in [0.2, 0.25) is 0 Å². The minimum absolute atomic E-state index is 0.0620. The third kappa shape index (κ3) is 3.78. The van der Waals surface area contributed by atoms with Crippen LogP contribution in [0.15, 0.2) is 36.5 Å². The van der Waals surface area contributed by atoms with Gasteiger partial charge in [0.15, 0.2) is 5.65 Å². The second-order valence-corrected chi connectivity index (χ2v) is 8.56. The van der Waals surface area contributed by atoms with Crippen LogP contribution in [-0.2, 0) is 6.42 Å². The van der Waals surface area contributed by atoms with E-state index >= 15 is 0 Å². The molecule has 0 radical (unpaired) electrons. The summed E-state index contributed by atoms with van der Waals surface area (Å²) in [4.78, 5) is 17.8. The second kappa shape index (κ2) is 7.97. The van der Waals surface area contributed by atoms with E-state index in [-0.39, 0.29) is 11.9 Å². The molecule has 4 rings (SSSR count). The van der Waals surface area contributed by atoms with Crippen molar-refractivity contribution in [2.45, 2.75) is 59.4 Å². The van der Waals surface area contributed by atoms with Gasteiger partial charge >= 0.3 is 0 Å². The van der Waals surface area contributed by atoms with Gasteiger partial charge in [0.25, 0.3) is 5.91 Å². The smallest absolute Gasteiger partial charge is 0.256 e. The van der Waals surface area contributed by atoms with Crippen molar-refractivity contribution in [2.75, 3.05) is 0 Å². The molecule has 5 nitrogen and oxygen atoms in total. The van der Waals surface area contributed by atoms with Gasteiger partial charge in [-0.05, 0) is 43.2 Å². The van der Waals surface area contributed by atoms with Gasteiger partial charge in [0.1, 0.15) is 5.56 Å². The van der Waals surface area contributed by atoms with E-state index in [0.717, 1.165) is 29.8 Å². The maximum absolute atomic E-state index is 13.0. The van der Waals surface area contributed by atoms with Crippen molar-refractivity contribution in [1.29, 1.82) is 0 Å². The third-order valence-corrected chi connectivity index (χ3v) is 6.70. The number of aryl methyl sites for hydroxylation is 2. The number of hydrogen-bond donors (Lipinski definition) is 1. The number of amides is 1. The molecule has 29 heavy (non-hydrogen) atoms. The summed E-state index contributed by atoms with van der Waals surface area (Å²) in [6, 6.07) is 10.6. The number of benzene rings is 1. The molecule has 0 unspecified atom stereocenters. The van der Waals surface area contributed by atoms with Crippen LogP contribution in [0.3, 0.4) is 0 Å². The molecule has 3 aromatic rings. The van der Waals surface area contributed by atoms with Crippen molar-refractivity contribution in [3.63, 3.8) is 0 Å². The van der Waals surface area contributed by atoms with Crippen LogP contribution in [0.25, 0.3) is 5.65 Å². The zero-order chi connectivity index (χ0) is 20.5. The molecule has 5 heteroatoms. The number of rotatable bonds is 4. The molecule has 1 fully saturated rings. The molecule has 1 amide bonds. The summed E-state index contributed by atoms with van der Waals surface area (Å²) >= 11 is 0. The fraction of sp³-hybridized carbons (Fsp3) is 0.458. The molecule has 1 aliphatic rings. The SMILES string of the molecule is Cc1nc2c(C(=O)N[C@@H]3CCC[C@H](C)[C@H]3C)cnn2c(C)c1Cc1ccccc1. The van der Waals surface area contributed by atoms with Gasteiger partial charge in [-0.3, -0.25) is 4.79 Å². The number of aromatic nitrogens is 3. The molecule has 0 spiro atoms. The number of carbonyl (C=O) groups is 1. The van der Waals surface area contributed by atoms with Crippen LogP contribution in [-0.4, -0.2) is 26.5 Å². The van der Waals surface area contributed by atoms with E-state index in [1.165, 1.54) is 18.4 Å². The Balaban J connectivity index is 1.63. The molecule has 0 bridgehead atoms. The first-order valence-corrected chi connectivity index (χ1v) is 10.6.